The summed E-state index contributed by atoms with van der Waals surface area (Å²) in [5.41, 5.74) is -0.0170. The van der Waals surface area contributed by atoms with Crippen LogP contribution in [0.15, 0.2) is 39.9 Å². The number of carbonyl (C=O) groups is 1. The van der Waals surface area contributed by atoms with E-state index in [0.29, 0.717) is 15.1 Å². The number of esters is 1. The van der Waals surface area contributed by atoms with Crippen LogP contribution in [0.2, 0.25) is 0 Å². The molecule has 0 unspecified atom stereocenters. The van der Waals surface area contributed by atoms with E-state index in [4.69, 9.17) is 14.3 Å². The summed E-state index contributed by atoms with van der Waals surface area (Å²) in [7, 11) is 0. The Kier molecular flexibility index (Phi) is 5.72. The van der Waals surface area contributed by atoms with Crippen molar-refractivity contribution < 1.29 is 19.1 Å². The van der Waals surface area contributed by atoms with Crippen molar-refractivity contribution in [3.63, 3.8) is 0 Å². The van der Waals surface area contributed by atoms with Crippen LogP contribution >= 0.6 is 11.3 Å². The van der Waals surface area contributed by atoms with Gasteiger partial charge in [-0.15, -0.1) is 11.3 Å². The van der Waals surface area contributed by atoms with Crippen LogP contribution in [-0.4, -0.2) is 29.1 Å². The van der Waals surface area contributed by atoms with Crippen LogP contribution in [0.3, 0.4) is 0 Å². The fourth-order valence-corrected chi connectivity index (χ4v) is 3.62. The minimum atomic E-state index is -0.743. The Morgan fingerprint density at radius 1 is 1.22 bits per heavy atom. The van der Waals surface area contributed by atoms with Gasteiger partial charge < -0.3 is 14.3 Å². The van der Waals surface area contributed by atoms with Gasteiger partial charge in [0.25, 0.3) is 5.56 Å². The summed E-state index contributed by atoms with van der Waals surface area (Å²) < 4.78 is 10.9. The molecule has 0 radical (unpaired) electrons. The molecule has 0 aliphatic heterocycles. The van der Waals surface area contributed by atoms with Crippen molar-refractivity contribution in [2.24, 2.45) is 0 Å². The number of nitrogens with zero attached hydrogens (tertiary/aromatic N) is 1. The fourth-order valence-electron chi connectivity index (χ4n) is 2.53. The summed E-state index contributed by atoms with van der Waals surface area (Å²) >= 11 is 1.00. The molecule has 2 aromatic heterocycles. The first-order valence-corrected chi connectivity index (χ1v) is 9.05. The van der Waals surface area contributed by atoms with Gasteiger partial charge in [0.1, 0.15) is 9.71 Å². The number of ether oxygens (including phenoxy) is 2. The van der Waals surface area contributed by atoms with Gasteiger partial charge in [-0.3, -0.25) is 9.78 Å². The maximum Gasteiger partial charge on any atom is 0.363 e. The maximum atomic E-state index is 12.6. The fraction of sp³-hybridized carbons (Fsp3) is 0.278. The smallest absolute Gasteiger partial charge is 0.363 e. The minimum Gasteiger partial charge on any atom is -0.462 e. The van der Waals surface area contributed by atoms with Crippen LogP contribution in [0.25, 0.3) is 10.2 Å². The monoisotopic (exact) mass is 390 g/mol. The van der Waals surface area contributed by atoms with Crippen molar-refractivity contribution in [2.45, 2.75) is 20.5 Å². The second-order valence-electron chi connectivity index (χ2n) is 5.59. The van der Waals surface area contributed by atoms with Gasteiger partial charge in [0.15, 0.2) is 0 Å². The Balaban J connectivity index is 1.81. The Morgan fingerprint density at radius 2 is 1.96 bits per heavy atom. The van der Waals surface area contributed by atoms with Crippen molar-refractivity contribution in [1.82, 2.24) is 9.71 Å². The van der Waals surface area contributed by atoms with Gasteiger partial charge in [0.2, 0.25) is 6.79 Å². The van der Waals surface area contributed by atoms with Gasteiger partial charge >= 0.3 is 11.7 Å². The summed E-state index contributed by atoms with van der Waals surface area (Å²) in [6, 6.07) is 9.42. The molecule has 8 nitrogen and oxygen atoms in total. The molecule has 0 aliphatic rings. The lowest BCUT2D eigenvalue weighted by Crippen LogP contribution is -2.40. The highest BCUT2D eigenvalue weighted by Crippen LogP contribution is 2.26. The third-order valence-electron chi connectivity index (χ3n) is 3.79. The van der Waals surface area contributed by atoms with Crippen LogP contribution in [0, 0.1) is 6.92 Å². The van der Waals surface area contributed by atoms with E-state index >= 15 is 0 Å². The van der Waals surface area contributed by atoms with Crippen LogP contribution < -0.4 is 16.1 Å². The van der Waals surface area contributed by atoms with E-state index in [1.807, 2.05) is 30.3 Å². The predicted octanol–water partition coefficient (Wildman–Crippen LogP) is 1.84. The summed E-state index contributed by atoms with van der Waals surface area (Å²) in [5.74, 6) is -0.532. The largest absolute Gasteiger partial charge is 0.462 e. The molecule has 0 saturated heterocycles. The molecule has 1 aromatic carbocycles. The van der Waals surface area contributed by atoms with Crippen molar-refractivity contribution in [1.29, 1.82) is 0 Å². The average Bonchev–Trinajstić information content (AvgIpc) is 2.98. The number of aromatic nitrogens is 2. The van der Waals surface area contributed by atoms with E-state index in [0.717, 1.165) is 16.9 Å². The second-order valence-corrected chi connectivity index (χ2v) is 6.61. The van der Waals surface area contributed by atoms with Gasteiger partial charge in [-0.1, -0.05) is 35.1 Å². The third kappa shape index (κ3) is 3.93. The molecule has 3 aromatic rings. The van der Waals surface area contributed by atoms with E-state index in [9.17, 15) is 14.4 Å². The first-order valence-electron chi connectivity index (χ1n) is 8.23. The maximum absolute atomic E-state index is 12.6. The first kappa shape index (κ1) is 18.9. The lowest BCUT2D eigenvalue weighted by atomic mass is 10.2. The molecule has 27 heavy (non-hydrogen) atoms. The summed E-state index contributed by atoms with van der Waals surface area (Å²) in [6.07, 6.45) is 0. The molecular formula is C18H18N2O6S. The van der Waals surface area contributed by atoms with Gasteiger partial charge in [-0.25, -0.2) is 9.59 Å². The molecule has 0 saturated carbocycles. The Bertz CT molecular complexity index is 1070. The molecule has 1 N–H and O–H groups in total. The SMILES string of the molecule is CCOC(=O)c1sc2[nH]c(=O)n(OCOCc3ccccc3)c(=O)c2c1C. The summed E-state index contributed by atoms with van der Waals surface area (Å²) in [6.45, 7) is 3.53. The van der Waals surface area contributed by atoms with Gasteiger partial charge in [0, 0.05) is 0 Å². The number of nitrogens with one attached hydrogen (secondary N) is 1. The number of hydrogen-bond donors (Lipinski definition) is 1. The summed E-state index contributed by atoms with van der Waals surface area (Å²) in [5, 5.41) is 0.214. The molecule has 9 heteroatoms. The number of rotatable bonds is 7. The van der Waals surface area contributed by atoms with Crippen LogP contribution in [0.4, 0.5) is 0 Å². The minimum absolute atomic E-state index is 0.214. The Morgan fingerprint density at radius 3 is 2.67 bits per heavy atom. The number of thiophene rings is 1. The van der Waals surface area contributed by atoms with Crippen molar-refractivity contribution >= 4 is 27.5 Å². The van der Waals surface area contributed by atoms with Crippen LogP contribution in [-0.2, 0) is 16.1 Å². The van der Waals surface area contributed by atoms with E-state index in [-0.39, 0.29) is 30.3 Å². The molecule has 0 amide bonds. The zero-order valence-electron chi connectivity index (χ0n) is 14.8. The third-order valence-corrected chi connectivity index (χ3v) is 4.97. The second kappa shape index (κ2) is 8.19. The zero-order valence-corrected chi connectivity index (χ0v) is 15.6. The normalized spacial score (nSPS) is 10.9. The molecule has 3 rings (SSSR count). The quantitative estimate of drug-likeness (QED) is 0.375. The number of aryl methyl sites for hydroxylation is 1. The Hall–Kier alpha value is -2.91. The van der Waals surface area contributed by atoms with Crippen LogP contribution in [0.1, 0.15) is 27.7 Å². The Labute approximate surface area is 157 Å². The van der Waals surface area contributed by atoms with Crippen LogP contribution in [0.5, 0.6) is 0 Å². The number of carbonyl (C=O) groups excluding carboxylic acids is 1. The van der Waals surface area contributed by atoms with E-state index in [1.165, 1.54) is 0 Å². The van der Waals surface area contributed by atoms with E-state index < -0.39 is 17.2 Å². The van der Waals surface area contributed by atoms with Gasteiger partial charge in [0.05, 0.1) is 18.6 Å². The van der Waals surface area contributed by atoms with E-state index in [1.54, 1.807) is 13.8 Å². The molecule has 2 heterocycles. The highest BCUT2D eigenvalue weighted by Gasteiger charge is 2.21. The molecule has 142 valence electrons. The molecule has 0 atom stereocenters. The first-order chi connectivity index (χ1) is 13.0. The van der Waals surface area contributed by atoms with Crippen molar-refractivity contribution in [2.75, 3.05) is 13.4 Å². The lowest BCUT2D eigenvalue weighted by Gasteiger charge is -2.08. The number of aromatic amines is 1. The molecule has 0 fully saturated rings. The zero-order chi connectivity index (χ0) is 19.4. The number of H-pyrrole nitrogens is 1. The lowest BCUT2D eigenvalue weighted by molar-refractivity contribution is -0.0735. The highest BCUT2D eigenvalue weighted by molar-refractivity contribution is 7.20. The van der Waals surface area contributed by atoms with Crippen molar-refractivity contribution in [3.8, 4) is 0 Å². The molecular weight excluding hydrogens is 372 g/mol. The molecule has 0 spiro atoms. The number of benzene rings is 1. The number of fused-ring (bicyclic) bond motifs is 1. The average molecular weight is 390 g/mol. The predicted molar refractivity (Wildman–Crippen MR) is 100 cm³/mol. The van der Waals surface area contributed by atoms with Gasteiger partial charge in [-0.05, 0) is 25.0 Å². The van der Waals surface area contributed by atoms with Crippen molar-refractivity contribution in [3.05, 3.63) is 67.2 Å². The van der Waals surface area contributed by atoms with Gasteiger partial charge in [-0.2, -0.15) is 0 Å². The summed E-state index contributed by atoms with van der Waals surface area (Å²) in [4.78, 5) is 45.1. The molecule has 0 aliphatic carbocycles. The topological polar surface area (TPSA) is 99.6 Å². The van der Waals surface area contributed by atoms with E-state index in [2.05, 4.69) is 4.98 Å². The number of hydrogen-bond acceptors (Lipinski definition) is 7. The highest BCUT2D eigenvalue weighted by atomic mass is 32.1. The molecule has 0 bridgehead atoms. The standard InChI is InChI=1S/C18H18N2O6S/c1-3-25-17(22)14-11(2)13-15(27-14)19-18(23)20(16(13)21)26-10-24-9-12-7-5-4-6-8-12/h4-8H,3,9-10H2,1-2H3,(H,19,23).